The number of aryl methyl sites for hydroxylation is 2. The third-order valence-electron chi connectivity index (χ3n) is 5.70. The number of amides is 1. The molecule has 0 aliphatic carbocycles. The van der Waals surface area contributed by atoms with Gasteiger partial charge >= 0.3 is 5.69 Å². The van der Waals surface area contributed by atoms with Gasteiger partial charge in [-0.15, -0.1) is 0 Å². The quantitative estimate of drug-likeness (QED) is 0.417. The molecule has 0 fully saturated rings. The minimum atomic E-state index is -0.582. The summed E-state index contributed by atoms with van der Waals surface area (Å²) >= 11 is 0. The molecule has 4 rings (SSSR count). The molecule has 35 heavy (non-hydrogen) atoms. The first kappa shape index (κ1) is 23.8. The molecule has 0 aliphatic rings. The van der Waals surface area contributed by atoms with Crippen LogP contribution >= 0.6 is 0 Å². The number of methoxy groups -OCH3 is 2. The Balaban J connectivity index is 1.72. The van der Waals surface area contributed by atoms with E-state index in [0.29, 0.717) is 29.2 Å². The molecule has 0 radical (unpaired) electrons. The summed E-state index contributed by atoms with van der Waals surface area (Å²) in [6.45, 7) is 4.13. The predicted molar refractivity (Wildman–Crippen MR) is 132 cm³/mol. The molecule has 1 amide bonds. The Morgan fingerprint density at radius 1 is 1.00 bits per heavy atom. The van der Waals surface area contributed by atoms with Crippen molar-refractivity contribution in [2.75, 3.05) is 19.5 Å². The summed E-state index contributed by atoms with van der Waals surface area (Å²) in [6.07, 6.45) is 1.61. The summed E-state index contributed by atoms with van der Waals surface area (Å²) in [5.74, 6) is 0.546. The number of aromatic nitrogens is 4. The van der Waals surface area contributed by atoms with Crippen molar-refractivity contribution in [3.63, 3.8) is 0 Å². The fraction of sp³-hybridized carbons (Fsp3) is 0.280. The summed E-state index contributed by atoms with van der Waals surface area (Å²) < 4.78 is 14.5. The third kappa shape index (κ3) is 4.81. The molecule has 2 aromatic heterocycles. The molecule has 182 valence electrons. The van der Waals surface area contributed by atoms with Crippen molar-refractivity contribution < 1.29 is 14.3 Å². The normalized spacial score (nSPS) is 11.0. The zero-order chi connectivity index (χ0) is 25.1. The van der Waals surface area contributed by atoms with Gasteiger partial charge in [-0.1, -0.05) is 29.8 Å². The smallest absolute Gasteiger partial charge is 0.332 e. The van der Waals surface area contributed by atoms with E-state index in [0.717, 1.165) is 15.7 Å². The lowest BCUT2D eigenvalue weighted by atomic mass is 10.1. The van der Waals surface area contributed by atoms with Crippen LogP contribution in [0.2, 0.25) is 0 Å². The van der Waals surface area contributed by atoms with Gasteiger partial charge in [0.1, 0.15) is 6.54 Å². The van der Waals surface area contributed by atoms with Crippen LogP contribution in [0.25, 0.3) is 11.0 Å². The van der Waals surface area contributed by atoms with Crippen molar-refractivity contribution in [3.05, 3.63) is 80.6 Å². The maximum absolute atomic E-state index is 13.4. The lowest BCUT2D eigenvalue weighted by Crippen LogP contribution is -2.41. The van der Waals surface area contributed by atoms with E-state index in [-0.39, 0.29) is 18.6 Å². The Morgan fingerprint density at radius 2 is 1.71 bits per heavy atom. The van der Waals surface area contributed by atoms with Gasteiger partial charge in [0.15, 0.2) is 17.0 Å². The molecule has 0 saturated carbocycles. The Hall–Kier alpha value is -4.34. The Labute approximate surface area is 201 Å². The summed E-state index contributed by atoms with van der Waals surface area (Å²) in [5.41, 5.74) is 1.72. The largest absolute Gasteiger partial charge is 0.493 e. The van der Waals surface area contributed by atoms with Crippen LogP contribution in [0.4, 0.5) is 5.69 Å². The Bertz CT molecular complexity index is 1500. The number of hydrogen-bond acceptors (Lipinski definition) is 6. The van der Waals surface area contributed by atoms with E-state index in [1.165, 1.54) is 18.8 Å². The molecule has 2 heterocycles. The van der Waals surface area contributed by atoms with E-state index in [1.807, 2.05) is 38.1 Å². The molecule has 0 bridgehead atoms. The average Bonchev–Trinajstić information content (AvgIpc) is 3.30. The van der Waals surface area contributed by atoms with Gasteiger partial charge in [0, 0.05) is 24.5 Å². The molecule has 2 aromatic carbocycles. The highest BCUT2D eigenvalue weighted by atomic mass is 16.5. The highest BCUT2D eigenvalue weighted by molar-refractivity contribution is 5.91. The number of rotatable bonds is 8. The van der Waals surface area contributed by atoms with Gasteiger partial charge < -0.3 is 14.8 Å². The van der Waals surface area contributed by atoms with Crippen LogP contribution in [0.15, 0.2) is 58.3 Å². The maximum Gasteiger partial charge on any atom is 0.332 e. The van der Waals surface area contributed by atoms with E-state index in [2.05, 4.69) is 10.4 Å². The van der Waals surface area contributed by atoms with E-state index < -0.39 is 17.2 Å². The average molecular weight is 478 g/mol. The van der Waals surface area contributed by atoms with Crippen molar-refractivity contribution in [1.29, 1.82) is 0 Å². The van der Waals surface area contributed by atoms with Gasteiger partial charge in [-0.25, -0.2) is 4.79 Å². The van der Waals surface area contributed by atoms with Gasteiger partial charge in [0.25, 0.3) is 5.56 Å². The summed E-state index contributed by atoms with van der Waals surface area (Å²) in [7, 11) is 3.03. The highest BCUT2D eigenvalue weighted by Crippen LogP contribution is 2.29. The van der Waals surface area contributed by atoms with Gasteiger partial charge in [-0.2, -0.15) is 5.10 Å². The lowest BCUT2D eigenvalue weighted by molar-refractivity contribution is -0.116. The summed E-state index contributed by atoms with van der Waals surface area (Å²) in [6, 6.07) is 12.5. The van der Waals surface area contributed by atoms with Crippen LogP contribution in [0.1, 0.15) is 18.1 Å². The number of nitrogens with zero attached hydrogens (tertiary/aromatic N) is 4. The molecule has 0 saturated heterocycles. The van der Waals surface area contributed by atoms with Crippen LogP contribution in [-0.2, 0) is 24.4 Å². The maximum atomic E-state index is 13.4. The zero-order valence-corrected chi connectivity index (χ0v) is 20.1. The first-order valence-electron chi connectivity index (χ1n) is 11.1. The lowest BCUT2D eigenvalue weighted by Gasteiger charge is -2.13. The second kappa shape index (κ2) is 9.88. The van der Waals surface area contributed by atoms with E-state index in [1.54, 1.807) is 29.1 Å². The first-order chi connectivity index (χ1) is 16.8. The second-order valence-electron chi connectivity index (χ2n) is 8.08. The number of carbonyl (C=O) groups is 1. The molecule has 4 aromatic rings. The molecular weight excluding hydrogens is 450 g/mol. The summed E-state index contributed by atoms with van der Waals surface area (Å²) in [4.78, 5) is 39.5. The van der Waals surface area contributed by atoms with Gasteiger partial charge in [0.05, 0.1) is 26.3 Å². The van der Waals surface area contributed by atoms with Crippen LogP contribution in [0.5, 0.6) is 11.5 Å². The minimum Gasteiger partial charge on any atom is -0.493 e. The fourth-order valence-electron chi connectivity index (χ4n) is 3.81. The topological polar surface area (TPSA) is 109 Å². The van der Waals surface area contributed by atoms with Gasteiger partial charge in [0.2, 0.25) is 5.91 Å². The highest BCUT2D eigenvalue weighted by Gasteiger charge is 2.19. The monoisotopic (exact) mass is 477 g/mol. The molecule has 0 aliphatic heterocycles. The molecule has 0 atom stereocenters. The van der Waals surface area contributed by atoms with Crippen LogP contribution < -0.4 is 26.0 Å². The third-order valence-corrected chi connectivity index (χ3v) is 5.70. The molecular formula is C25H27N5O5. The molecule has 1 N–H and O–H groups in total. The number of carbonyl (C=O) groups excluding carboxylic acids is 1. The number of benzene rings is 2. The number of ether oxygens (including phenoxy) is 2. The standard InChI is InChI=1S/C25H27N5O5/c1-5-28-14-19-23(27-28)24(32)30(13-17-8-6-16(2)7-9-17)25(33)29(19)15-22(31)26-18-10-11-20(34-3)21(12-18)35-4/h6-12,14H,5,13,15H2,1-4H3,(H,26,31). The van der Waals surface area contributed by atoms with Gasteiger partial charge in [-0.3, -0.25) is 23.4 Å². The van der Waals surface area contributed by atoms with E-state index >= 15 is 0 Å². The SMILES string of the molecule is CCn1cc2c(n1)c(=O)n(Cc1ccc(C)cc1)c(=O)n2CC(=O)Nc1ccc(OC)c(OC)c1. The molecule has 0 spiro atoms. The van der Waals surface area contributed by atoms with E-state index in [9.17, 15) is 14.4 Å². The van der Waals surface area contributed by atoms with Crippen LogP contribution in [-0.4, -0.2) is 39.0 Å². The van der Waals surface area contributed by atoms with Crippen molar-refractivity contribution in [3.8, 4) is 11.5 Å². The van der Waals surface area contributed by atoms with Crippen LogP contribution in [0.3, 0.4) is 0 Å². The Morgan fingerprint density at radius 3 is 2.37 bits per heavy atom. The van der Waals surface area contributed by atoms with Gasteiger partial charge in [-0.05, 0) is 31.5 Å². The zero-order valence-electron chi connectivity index (χ0n) is 20.1. The number of anilines is 1. The number of hydrogen-bond donors (Lipinski definition) is 1. The number of nitrogens with one attached hydrogen (secondary N) is 1. The Kier molecular flexibility index (Phi) is 6.72. The van der Waals surface area contributed by atoms with Crippen LogP contribution in [0, 0.1) is 6.92 Å². The summed E-state index contributed by atoms with van der Waals surface area (Å²) in [5, 5.41) is 7.11. The fourth-order valence-corrected chi connectivity index (χ4v) is 3.81. The molecule has 10 heteroatoms. The van der Waals surface area contributed by atoms with Crippen molar-refractivity contribution >= 4 is 22.6 Å². The molecule has 0 unspecified atom stereocenters. The molecule has 10 nitrogen and oxygen atoms in total. The van der Waals surface area contributed by atoms with Crippen molar-refractivity contribution in [1.82, 2.24) is 18.9 Å². The van der Waals surface area contributed by atoms with E-state index in [4.69, 9.17) is 9.47 Å². The minimum absolute atomic E-state index is 0.0736. The first-order valence-corrected chi connectivity index (χ1v) is 11.1. The van der Waals surface area contributed by atoms with Crippen molar-refractivity contribution in [2.24, 2.45) is 0 Å². The van der Waals surface area contributed by atoms with Crippen molar-refractivity contribution in [2.45, 2.75) is 33.5 Å². The second-order valence-corrected chi connectivity index (χ2v) is 8.08. The number of fused-ring (bicyclic) bond motifs is 1. The predicted octanol–water partition coefficient (Wildman–Crippen LogP) is 2.39.